The first-order valence-electron chi connectivity index (χ1n) is 6.53. The van der Waals surface area contributed by atoms with Crippen molar-refractivity contribution < 1.29 is 9.18 Å². The molecule has 0 aliphatic heterocycles. The zero-order valence-electron chi connectivity index (χ0n) is 12.3. The average Bonchev–Trinajstić information content (AvgIpc) is 2.27. The summed E-state index contributed by atoms with van der Waals surface area (Å²) in [6.07, 6.45) is 0. The molecule has 0 radical (unpaired) electrons. The fraction of sp³-hybridized carbons (Fsp3) is 0.533. The summed E-state index contributed by atoms with van der Waals surface area (Å²) in [6.45, 7) is 9.41. The first-order chi connectivity index (χ1) is 8.70. The van der Waals surface area contributed by atoms with Crippen LogP contribution >= 0.6 is 0 Å². The van der Waals surface area contributed by atoms with Crippen LogP contribution in [0.1, 0.15) is 46.2 Å². The number of carbonyl (C=O) groups is 1. The number of halogens is 1. The molecule has 2 atom stereocenters. The van der Waals surface area contributed by atoms with Crippen molar-refractivity contribution in [3.63, 3.8) is 0 Å². The Labute approximate surface area is 114 Å². The largest absolute Gasteiger partial charge is 0.350 e. The van der Waals surface area contributed by atoms with E-state index in [0.717, 1.165) is 0 Å². The van der Waals surface area contributed by atoms with Crippen LogP contribution in [0.2, 0.25) is 0 Å². The van der Waals surface area contributed by atoms with Gasteiger partial charge in [0.05, 0.1) is 6.04 Å². The van der Waals surface area contributed by atoms with E-state index in [0.29, 0.717) is 5.56 Å². The molecule has 1 amide bonds. The zero-order chi connectivity index (χ0) is 14.6. The minimum Gasteiger partial charge on any atom is -0.350 e. The normalized spacial score (nSPS) is 14.8. The van der Waals surface area contributed by atoms with Crippen molar-refractivity contribution in [2.24, 2.45) is 0 Å². The molecule has 106 valence electrons. The molecule has 0 aliphatic rings. The van der Waals surface area contributed by atoms with E-state index in [4.69, 9.17) is 0 Å². The van der Waals surface area contributed by atoms with Gasteiger partial charge >= 0.3 is 0 Å². The van der Waals surface area contributed by atoms with E-state index < -0.39 is 0 Å². The van der Waals surface area contributed by atoms with Crippen molar-refractivity contribution in [2.75, 3.05) is 0 Å². The predicted molar refractivity (Wildman–Crippen MR) is 75.3 cm³/mol. The smallest absolute Gasteiger partial charge is 0.237 e. The molecule has 1 rings (SSSR count). The summed E-state index contributed by atoms with van der Waals surface area (Å²) in [6, 6.07) is 5.99. The highest BCUT2D eigenvalue weighted by molar-refractivity contribution is 5.81. The lowest BCUT2D eigenvalue weighted by Gasteiger charge is -2.25. The van der Waals surface area contributed by atoms with Crippen molar-refractivity contribution >= 4 is 5.91 Å². The minimum absolute atomic E-state index is 0.0873. The quantitative estimate of drug-likeness (QED) is 0.880. The van der Waals surface area contributed by atoms with Gasteiger partial charge in [-0.1, -0.05) is 18.2 Å². The first kappa shape index (κ1) is 15.6. The van der Waals surface area contributed by atoms with Crippen LogP contribution in [0.4, 0.5) is 4.39 Å². The highest BCUT2D eigenvalue weighted by atomic mass is 19.1. The van der Waals surface area contributed by atoms with Crippen LogP contribution in [0, 0.1) is 5.82 Å². The molecule has 0 saturated carbocycles. The van der Waals surface area contributed by atoms with Crippen LogP contribution in [0.15, 0.2) is 24.3 Å². The molecular formula is C15H23FN2O. The van der Waals surface area contributed by atoms with Gasteiger partial charge in [0.25, 0.3) is 0 Å². The number of rotatable bonds is 4. The van der Waals surface area contributed by atoms with Gasteiger partial charge in [0, 0.05) is 17.1 Å². The molecule has 0 aromatic heterocycles. The molecule has 19 heavy (non-hydrogen) atoms. The van der Waals surface area contributed by atoms with Gasteiger partial charge in [0.1, 0.15) is 5.82 Å². The third-order valence-corrected chi connectivity index (χ3v) is 2.76. The second kappa shape index (κ2) is 6.15. The van der Waals surface area contributed by atoms with Gasteiger partial charge in [-0.15, -0.1) is 0 Å². The molecule has 2 unspecified atom stereocenters. The Morgan fingerprint density at radius 1 is 1.21 bits per heavy atom. The Bertz CT molecular complexity index is 440. The highest BCUT2D eigenvalue weighted by Gasteiger charge is 2.21. The molecule has 0 spiro atoms. The molecule has 4 heteroatoms. The SMILES string of the molecule is CC(NC(C)c1ccccc1F)C(=O)NC(C)(C)C. The molecule has 0 saturated heterocycles. The van der Waals surface area contributed by atoms with Crippen LogP contribution in [0.5, 0.6) is 0 Å². The molecule has 3 nitrogen and oxygen atoms in total. The van der Waals surface area contributed by atoms with Crippen LogP contribution in [-0.2, 0) is 4.79 Å². The zero-order valence-corrected chi connectivity index (χ0v) is 12.3. The number of hydrogen-bond acceptors (Lipinski definition) is 2. The second-order valence-electron chi connectivity index (χ2n) is 5.87. The third kappa shape index (κ3) is 4.99. The van der Waals surface area contributed by atoms with E-state index in [1.165, 1.54) is 6.07 Å². The monoisotopic (exact) mass is 266 g/mol. The van der Waals surface area contributed by atoms with Crippen molar-refractivity contribution in [1.29, 1.82) is 0 Å². The average molecular weight is 266 g/mol. The van der Waals surface area contributed by atoms with Gasteiger partial charge in [0.2, 0.25) is 5.91 Å². The molecule has 2 N–H and O–H groups in total. The van der Waals surface area contributed by atoms with E-state index in [-0.39, 0.29) is 29.3 Å². The number of hydrogen-bond donors (Lipinski definition) is 2. The van der Waals surface area contributed by atoms with Gasteiger partial charge < -0.3 is 5.32 Å². The Morgan fingerprint density at radius 3 is 2.32 bits per heavy atom. The summed E-state index contributed by atoms with van der Waals surface area (Å²) in [7, 11) is 0. The molecule has 1 aromatic carbocycles. The van der Waals surface area contributed by atoms with E-state index in [9.17, 15) is 9.18 Å². The van der Waals surface area contributed by atoms with Crippen LogP contribution in [0.3, 0.4) is 0 Å². The van der Waals surface area contributed by atoms with Gasteiger partial charge in [0.15, 0.2) is 0 Å². The maximum atomic E-state index is 13.6. The Hall–Kier alpha value is -1.42. The Kier molecular flexibility index (Phi) is 5.06. The number of carbonyl (C=O) groups excluding carboxylic acids is 1. The predicted octanol–water partition coefficient (Wildman–Crippen LogP) is 2.78. The molecular weight excluding hydrogens is 243 g/mol. The van der Waals surface area contributed by atoms with Gasteiger partial charge in [-0.05, 0) is 40.7 Å². The van der Waals surface area contributed by atoms with Crippen LogP contribution in [0.25, 0.3) is 0 Å². The van der Waals surface area contributed by atoms with E-state index in [1.54, 1.807) is 25.1 Å². The van der Waals surface area contributed by atoms with Crippen molar-refractivity contribution in [3.05, 3.63) is 35.6 Å². The van der Waals surface area contributed by atoms with E-state index in [1.807, 2.05) is 27.7 Å². The molecule has 0 fully saturated rings. The van der Waals surface area contributed by atoms with E-state index >= 15 is 0 Å². The fourth-order valence-corrected chi connectivity index (χ4v) is 1.84. The highest BCUT2D eigenvalue weighted by Crippen LogP contribution is 2.16. The number of benzene rings is 1. The summed E-state index contributed by atoms with van der Waals surface area (Å²) < 4.78 is 13.6. The Balaban J connectivity index is 2.64. The lowest BCUT2D eigenvalue weighted by Crippen LogP contribution is -2.50. The summed E-state index contributed by atoms with van der Waals surface area (Å²) in [4.78, 5) is 11.9. The topological polar surface area (TPSA) is 41.1 Å². The Morgan fingerprint density at radius 2 is 1.79 bits per heavy atom. The van der Waals surface area contributed by atoms with Gasteiger partial charge in [-0.25, -0.2) is 4.39 Å². The van der Waals surface area contributed by atoms with Gasteiger partial charge in [-0.2, -0.15) is 0 Å². The lowest BCUT2D eigenvalue weighted by atomic mass is 10.1. The van der Waals surface area contributed by atoms with Gasteiger partial charge in [-0.3, -0.25) is 10.1 Å². The minimum atomic E-state index is -0.381. The summed E-state index contributed by atoms with van der Waals surface area (Å²) in [5.41, 5.74) is 0.298. The standard InChI is InChI=1S/C15H23FN2O/c1-10(12-8-6-7-9-13(12)16)17-11(2)14(19)18-15(3,4)5/h6-11,17H,1-5H3,(H,18,19). The molecule has 1 aromatic rings. The maximum absolute atomic E-state index is 13.6. The maximum Gasteiger partial charge on any atom is 0.237 e. The lowest BCUT2D eigenvalue weighted by molar-refractivity contribution is -0.124. The van der Waals surface area contributed by atoms with Crippen LogP contribution < -0.4 is 10.6 Å². The second-order valence-corrected chi connectivity index (χ2v) is 5.87. The molecule has 0 aliphatic carbocycles. The molecule has 0 bridgehead atoms. The third-order valence-electron chi connectivity index (χ3n) is 2.76. The van der Waals surface area contributed by atoms with Crippen LogP contribution in [-0.4, -0.2) is 17.5 Å². The number of nitrogens with one attached hydrogen (secondary N) is 2. The van der Waals surface area contributed by atoms with Crippen molar-refractivity contribution in [1.82, 2.24) is 10.6 Å². The first-order valence-corrected chi connectivity index (χ1v) is 6.53. The summed E-state index contributed by atoms with van der Waals surface area (Å²) in [5, 5.41) is 6.00. The van der Waals surface area contributed by atoms with Crippen molar-refractivity contribution in [2.45, 2.75) is 52.2 Å². The fourth-order valence-electron chi connectivity index (χ4n) is 1.84. The van der Waals surface area contributed by atoms with Crippen molar-refractivity contribution in [3.8, 4) is 0 Å². The molecule has 0 heterocycles. The number of amides is 1. The summed E-state index contributed by atoms with van der Waals surface area (Å²) in [5.74, 6) is -0.346. The summed E-state index contributed by atoms with van der Waals surface area (Å²) >= 11 is 0. The van der Waals surface area contributed by atoms with E-state index in [2.05, 4.69) is 10.6 Å².